The van der Waals surface area contributed by atoms with E-state index in [0.29, 0.717) is 18.2 Å². The van der Waals surface area contributed by atoms with Gasteiger partial charge in [-0.05, 0) is 24.6 Å². The van der Waals surface area contributed by atoms with Crippen LogP contribution in [0.5, 0.6) is 0 Å². The SMILES string of the molecule is C[C@H]1CN(C(=O)Cc2cccc(N)c2)CCN1. The summed E-state index contributed by atoms with van der Waals surface area (Å²) >= 11 is 0. The molecular formula is C13H19N3O. The van der Waals surface area contributed by atoms with Crippen LogP contribution in [0.15, 0.2) is 24.3 Å². The molecule has 3 N–H and O–H groups in total. The Hall–Kier alpha value is -1.55. The van der Waals surface area contributed by atoms with Gasteiger partial charge in [0.2, 0.25) is 5.91 Å². The summed E-state index contributed by atoms with van der Waals surface area (Å²) in [6, 6.07) is 7.91. The average Bonchev–Trinajstić information content (AvgIpc) is 2.29. The lowest BCUT2D eigenvalue weighted by Crippen LogP contribution is -2.51. The van der Waals surface area contributed by atoms with E-state index < -0.39 is 0 Å². The molecule has 92 valence electrons. The lowest BCUT2D eigenvalue weighted by atomic mass is 10.1. The van der Waals surface area contributed by atoms with Crippen LogP contribution in [0.25, 0.3) is 0 Å². The largest absolute Gasteiger partial charge is 0.399 e. The van der Waals surface area contributed by atoms with Crippen molar-refractivity contribution in [3.63, 3.8) is 0 Å². The Labute approximate surface area is 102 Å². The molecule has 1 saturated heterocycles. The highest BCUT2D eigenvalue weighted by Crippen LogP contribution is 2.09. The Balaban J connectivity index is 1.96. The molecule has 4 heteroatoms. The first-order valence-electron chi connectivity index (χ1n) is 6.01. The van der Waals surface area contributed by atoms with E-state index in [1.165, 1.54) is 0 Å². The first kappa shape index (κ1) is 11.9. The van der Waals surface area contributed by atoms with Crippen molar-refractivity contribution in [2.45, 2.75) is 19.4 Å². The van der Waals surface area contributed by atoms with Crippen molar-refractivity contribution >= 4 is 11.6 Å². The van der Waals surface area contributed by atoms with Gasteiger partial charge in [0.25, 0.3) is 0 Å². The van der Waals surface area contributed by atoms with E-state index in [1.807, 2.05) is 29.2 Å². The van der Waals surface area contributed by atoms with E-state index in [1.54, 1.807) is 0 Å². The fourth-order valence-corrected chi connectivity index (χ4v) is 2.15. The van der Waals surface area contributed by atoms with Gasteiger partial charge < -0.3 is 16.0 Å². The number of nitrogens with one attached hydrogen (secondary N) is 1. The van der Waals surface area contributed by atoms with E-state index in [0.717, 1.165) is 25.2 Å². The zero-order chi connectivity index (χ0) is 12.3. The predicted molar refractivity (Wildman–Crippen MR) is 68.6 cm³/mol. The number of nitrogens with zero attached hydrogens (tertiary/aromatic N) is 1. The van der Waals surface area contributed by atoms with Crippen molar-refractivity contribution in [1.82, 2.24) is 10.2 Å². The molecule has 4 nitrogen and oxygen atoms in total. The third kappa shape index (κ3) is 3.20. The van der Waals surface area contributed by atoms with Crippen LogP contribution in [0.2, 0.25) is 0 Å². The second-order valence-corrected chi connectivity index (χ2v) is 4.62. The summed E-state index contributed by atoms with van der Waals surface area (Å²) in [4.78, 5) is 14.0. The van der Waals surface area contributed by atoms with Crippen LogP contribution in [-0.2, 0) is 11.2 Å². The summed E-state index contributed by atoms with van der Waals surface area (Å²) in [7, 11) is 0. The van der Waals surface area contributed by atoms with Gasteiger partial charge in [-0.2, -0.15) is 0 Å². The Kier molecular flexibility index (Phi) is 3.64. The lowest BCUT2D eigenvalue weighted by molar-refractivity contribution is -0.131. The maximum atomic E-state index is 12.1. The molecule has 1 amide bonds. The van der Waals surface area contributed by atoms with Crippen molar-refractivity contribution in [3.8, 4) is 0 Å². The number of nitrogens with two attached hydrogens (primary N) is 1. The van der Waals surface area contributed by atoms with Crippen LogP contribution >= 0.6 is 0 Å². The third-order valence-corrected chi connectivity index (χ3v) is 3.03. The Morgan fingerprint density at radius 2 is 2.41 bits per heavy atom. The van der Waals surface area contributed by atoms with Gasteiger partial charge in [-0.15, -0.1) is 0 Å². The van der Waals surface area contributed by atoms with E-state index in [-0.39, 0.29) is 5.91 Å². The molecule has 0 unspecified atom stereocenters. The van der Waals surface area contributed by atoms with E-state index in [4.69, 9.17) is 5.73 Å². The molecule has 1 heterocycles. The molecular weight excluding hydrogens is 214 g/mol. The van der Waals surface area contributed by atoms with Crippen molar-refractivity contribution in [2.24, 2.45) is 0 Å². The highest BCUT2D eigenvalue weighted by atomic mass is 16.2. The van der Waals surface area contributed by atoms with E-state index >= 15 is 0 Å². The predicted octanol–water partition coefficient (Wildman–Crippen LogP) is 0.632. The molecule has 1 aliphatic heterocycles. The zero-order valence-corrected chi connectivity index (χ0v) is 10.1. The monoisotopic (exact) mass is 233 g/mol. The molecule has 0 bridgehead atoms. The smallest absolute Gasteiger partial charge is 0.227 e. The number of amides is 1. The summed E-state index contributed by atoms with van der Waals surface area (Å²) in [5, 5.41) is 3.33. The number of nitrogen functional groups attached to an aromatic ring is 1. The fourth-order valence-electron chi connectivity index (χ4n) is 2.15. The number of carbonyl (C=O) groups excluding carboxylic acids is 1. The van der Waals surface area contributed by atoms with Crippen LogP contribution in [0, 0.1) is 0 Å². The Bertz CT molecular complexity index is 405. The second-order valence-electron chi connectivity index (χ2n) is 4.62. The molecule has 0 radical (unpaired) electrons. The molecule has 2 rings (SSSR count). The van der Waals surface area contributed by atoms with E-state index in [2.05, 4.69) is 12.2 Å². The summed E-state index contributed by atoms with van der Waals surface area (Å²) < 4.78 is 0. The van der Waals surface area contributed by atoms with Crippen molar-refractivity contribution in [3.05, 3.63) is 29.8 Å². The molecule has 1 atom stereocenters. The number of anilines is 1. The standard InChI is InChI=1S/C13H19N3O/c1-10-9-16(6-5-15-10)13(17)8-11-3-2-4-12(14)7-11/h2-4,7,10,15H,5-6,8-9,14H2,1H3/t10-/m0/s1. The molecule has 1 aliphatic rings. The van der Waals surface area contributed by atoms with Crippen molar-refractivity contribution < 1.29 is 4.79 Å². The Morgan fingerprint density at radius 3 is 3.12 bits per heavy atom. The van der Waals surface area contributed by atoms with Crippen LogP contribution in [0.3, 0.4) is 0 Å². The minimum absolute atomic E-state index is 0.184. The summed E-state index contributed by atoms with van der Waals surface area (Å²) in [5.41, 5.74) is 7.40. The maximum absolute atomic E-state index is 12.1. The quantitative estimate of drug-likeness (QED) is 0.737. The average molecular weight is 233 g/mol. The van der Waals surface area contributed by atoms with Gasteiger partial charge in [0.05, 0.1) is 6.42 Å². The summed E-state index contributed by atoms with van der Waals surface area (Å²) in [6.45, 7) is 4.57. The summed E-state index contributed by atoms with van der Waals surface area (Å²) in [5.74, 6) is 0.184. The molecule has 0 aromatic heterocycles. The van der Waals surface area contributed by atoms with Crippen LogP contribution < -0.4 is 11.1 Å². The van der Waals surface area contributed by atoms with Crippen LogP contribution in [-0.4, -0.2) is 36.5 Å². The van der Waals surface area contributed by atoms with Gasteiger partial charge in [0.1, 0.15) is 0 Å². The van der Waals surface area contributed by atoms with Crippen molar-refractivity contribution in [2.75, 3.05) is 25.4 Å². The number of benzene rings is 1. The molecule has 0 aliphatic carbocycles. The molecule has 0 saturated carbocycles. The molecule has 17 heavy (non-hydrogen) atoms. The van der Waals surface area contributed by atoms with E-state index in [9.17, 15) is 4.79 Å². The molecule has 1 aromatic rings. The molecule has 1 aromatic carbocycles. The molecule has 1 fully saturated rings. The highest BCUT2D eigenvalue weighted by molar-refractivity contribution is 5.79. The van der Waals surface area contributed by atoms with Gasteiger partial charge in [-0.3, -0.25) is 4.79 Å². The number of rotatable bonds is 2. The lowest BCUT2D eigenvalue weighted by Gasteiger charge is -2.32. The number of carbonyl (C=O) groups is 1. The van der Waals surface area contributed by atoms with Gasteiger partial charge in [-0.1, -0.05) is 12.1 Å². The first-order valence-corrected chi connectivity index (χ1v) is 6.01. The van der Waals surface area contributed by atoms with Gasteiger partial charge >= 0.3 is 0 Å². The number of hydrogen-bond acceptors (Lipinski definition) is 3. The summed E-state index contributed by atoms with van der Waals surface area (Å²) in [6.07, 6.45) is 0.442. The minimum atomic E-state index is 0.184. The highest BCUT2D eigenvalue weighted by Gasteiger charge is 2.20. The van der Waals surface area contributed by atoms with Gasteiger partial charge in [0.15, 0.2) is 0 Å². The zero-order valence-electron chi connectivity index (χ0n) is 10.1. The molecule has 0 spiro atoms. The van der Waals surface area contributed by atoms with Gasteiger partial charge in [0, 0.05) is 31.4 Å². The van der Waals surface area contributed by atoms with Gasteiger partial charge in [-0.25, -0.2) is 0 Å². The normalized spacial score (nSPS) is 20.3. The topological polar surface area (TPSA) is 58.4 Å². The third-order valence-electron chi connectivity index (χ3n) is 3.03. The Morgan fingerprint density at radius 1 is 1.59 bits per heavy atom. The number of hydrogen-bond donors (Lipinski definition) is 2. The van der Waals surface area contributed by atoms with Crippen LogP contribution in [0.1, 0.15) is 12.5 Å². The van der Waals surface area contributed by atoms with Crippen molar-refractivity contribution in [1.29, 1.82) is 0 Å². The minimum Gasteiger partial charge on any atom is -0.399 e. The van der Waals surface area contributed by atoms with Crippen LogP contribution in [0.4, 0.5) is 5.69 Å². The maximum Gasteiger partial charge on any atom is 0.227 e. The number of piperazine rings is 1. The first-order chi connectivity index (χ1) is 8.15. The fraction of sp³-hybridized carbons (Fsp3) is 0.462. The second kappa shape index (κ2) is 5.19.